The number of halogens is 2. The smallest absolute Gasteiger partial charge is 0.331 e. The number of carbonyl (C=O) groups is 3. The van der Waals surface area contributed by atoms with Crippen LogP contribution in [0.1, 0.15) is 29.4 Å². The number of aryl methyl sites for hydroxylation is 1. The van der Waals surface area contributed by atoms with Gasteiger partial charge in [-0.2, -0.15) is 5.10 Å². The lowest BCUT2D eigenvalue weighted by molar-refractivity contribution is -0.149. The van der Waals surface area contributed by atoms with Gasteiger partial charge >= 0.3 is 12.0 Å². The molecule has 0 radical (unpaired) electrons. The lowest BCUT2D eigenvalue weighted by Crippen LogP contribution is -2.42. The Balaban J connectivity index is 2.13. The first-order valence-corrected chi connectivity index (χ1v) is 9.31. The second-order valence-corrected chi connectivity index (χ2v) is 7.02. The molecule has 3 N–H and O–H groups in total. The van der Waals surface area contributed by atoms with E-state index in [1.165, 1.54) is 13.0 Å². The van der Waals surface area contributed by atoms with Crippen LogP contribution in [0.15, 0.2) is 24.3 Å². The number of hydrogen-bond acceptors (Lipinski definition) is 5. The van der Waals surface area contributed by atoms with E-state index in [0.717, 1.165) is 16.8 Å². The van der Waals surface area contributed by atoms with Gasteiger partial charge in [0.1, 0.15) is 0 Å². The standard InChI is InChI=1S/C19H20Cl2N4O4/c1-10-13(7-8-17(26)29-12(3)18(27)23-19(22)28)11(2)25(24-10)9-14-15(20)5-4-6-16(14)21/h4-8,12H,9H2,1-3H3,(H3,22,23,27,28)/b8-7+. The number of primary amides is 1. The van der Waals surface area contributed by atoms with Gasteiger partial charge in [-0.1, -0.05) is 29.3 Å². The number of ether oxygens (including phenoxy) is 1. The molecule has 0 saturated carbocycles. The number of imide groups is 1. The Labute approximate surface area is 177 Å². The second kappa shape index (κ2) is 9.58. The minimum absolute atomic E-state index is 0.369. The van der Waals surface area contributed by atoms with Gasteiger partial charge in [0, 0.05) is 32.9 Å². The minimum atomic E-state index is -1.17. The highest BCUT2D eigenvalue weighted by Crippen LogP contribution is 2.26. The molecule has 0 aliphatic carbocycles. The number of benzene rings is 1. The van der Waals surface area contributed by atoms with Crippen molar-refractivity contribution in [3.8, 4) is 0 Å². The number of nitrogens with two attached hydrogens (primary N) is 1. The number of aromatic nitrogens is 2. The van der Waals surface area contributed by atoms with Crippen molar-refractivity contribution in [2.45, 2.75) is 33.4 Å². The van der Waals surface area contributed by atoms with Crippen LogP contribution in [-0.2, 0) is 20.9 Å². The Bertz CT molecular complexity index is 965. The Kier molecular flexibility index (Phi) is 7.41. The molecule has 1 heterocycles. The highest BCUT2D eigenvalue weighted by molar-refractivity contribution is 6.35. The number of amides is 3. The average Bonchev–Trinajstić information content (AvgIpc) is 2.89. The summed E-state index contributed by atoms with van der Waals surface area (Å²) in [6.07, 6.45) is 1.55. The van der Waals surface area contributed by atoms with Crippen molar-refractivity contribution < 1.29 is 19.1 Å². The number of nitrogens with one attached hydrogen (secondary N) is 1. The predicted molar refractivity (Wildman–Crippen MR) is 110 cm³/mol. The summed E-state index contributed by atoms with van der Waals surface area (Å²) in [7, 11) is 0. The number of carbonyl (C=O) groups excluding carboxylic acids is 3. The Morgan fingerprint density at radius 3 is 2.48 bits per heavy atom. The van der Waals surface area contributed by atoms with Crippen molar-refractivity contribution in [3.63, 3.8) is 0 Å². The van der Waals surface area contributed by atoms with Gasteiger partial charge in [0.2, 0.25) is 0 Å². The van der Waals surface area contributed by atoms with Crippen molar-refractivity contribution in [3.05, 3.63) is 56.8 Å². The van der Waals surface area contributed by atoms with Gasteiger partial charge in [-0.3, -0.25) is 14.8 Å². The van der Waals surface area contributed by atoms with Crippen LogP contribution in [0.5, 0.6) is 0 Å². The van der Waals surface area contributed by atoms with Crippen molar-refractivity contribution in [1.82, 2.24) is 15.1 Å². The zero-order valence-corrected chi connectivity index (χ0v) is 17.5. The van der Waals surface area contributed by atoms with Gasteiger partial charge in [0.05, 0.1) is 12.2 Å². The van der Waals surface area contributed by atoms with Crippen molar-refractivity contribution in [1.29, 1.82) is 0 Å². The highest BCUT2D eigenvalue weighted by Gasteiger charge is 2.18. The molecule has 3 amide bonds. The Hall–Kier alpha value is -2.84. The van der Waals surface area contributed by atoms with Crippen molar-refractivity contribution in [2.75, 3.05) is 0 Å². The van der Waals surface area contributed by atoms with Crippen LogP contribution in [-0.4, -0.2) is 33.8 Å². The molecule has 10 heteroatoms. The molecule has 1 unspecified atom stereocenters. The van der Waals surface area contributed by atoms with E-state index in [1.54, 1.807) is 35.9 Å². The van der Waals surface area contributed by atoms with E-state index in [9.17, 15) is 14.4 Å². The summed E-state index contributed by atoms with van der Waals surface area (Å²) in [5, 5.41) is 7.38. The summed E-state index contributed by atoms with van der Waals surface area (Å²) in [4.78, 5) is 34.2. The quantitative estimate of drug-likeness (QED) is 0.530. The minimum Gasteiger partial charge on any atom is -0.449 e. The van der Waals surface area contributed by atoms with Gasteiger partial charge in [-0.15, -0.1) is 0 Å². The number of urea groups is 1. The molecule has 1 aromatic heterocycles. The molecule has 8 nitrogen and oxygen atoms in total. The summed E-state index contributed by atoms with van der Waals surface area (Å²) in [5.41, 5.74) is 7.80. The molecule has 2 rings (SSSR count). The third kappa shape index (κ3) is 5.82. The van der Waals surface area contributed by atoms with Gasteiger partial charge < -0.3 is 10.5 Å². The van der Waals surface area contributed by atoms with Crippen molar-refractivity contribution in [2.24, 2.45) is 5.73 Å². The fourth-order valence-electron chi connectivity index (χ4n) is 2.58. The van der Waals surface area contributed by atoms with Crippen LogP contribution in [0.2, 0.25) is 10.0 Å². The highest BCUT2D eigenvalue weighted by atomic mass is 35.5. The van der Waals surface area contributed by atoms with E-state index >= 15 is 0 Å². The van der Waals surface area contributed by atoms with Gasteiger partial charge in [-0.25, -0.2) is 9.59 Å². The van der Waals surface area contributed by atoms with Crippen LogP contribution in [0, 0.1) is 13.8 Å². The summed E-state index contributed by atoms with van der Waals surface area (Å²) in [6.45, 7) is 5.34. The van der Waals surface area contributed by atoms with Crippen molar-refractivity contribution >= 4 is 47.2 Å². The normalized spacial score (nSPS) is 12.0. The SMILES string of the molecule is Cc1nn(Cc2c(Cl)cccc2Cl)c(C)c1/C=C/C(=O)OC(C)C(=O)NC(N)=O. The molecule has 0 fully saturated rings. The molecule has 0 aliphatic rings. The number of rotatable bonds is 6. The van der Waals surface area contributed by atoms with E-state index < -0.39 is 24.0 Å². The molecule has 0 saturated heterocycles. The zero-order chi connectivity index (χ0) is 21.7. The van der Waals surface area contributed by atoms with Crippen LogP contribution >= 0.6 is 23.2 Å². The predicted octanol–water partition coefficient (Wildman–Crippen LogP) is 2.99. The van der Waals surface area contributed by atoms with Crippen LogP contribution in [0.25, 0.3) is 6.08 Å². The molecule has 154 valence electrons. The molecular weight excluding hydrogens is 419 g/mol. The lowest BCUT2D eigenvalue weighted by atomic mass is 10.1. The van der Waals surface area contributed by atoms with E-state index in [-0.39, 0.29) is 0 Å². The maximum atomic E-state index is 12.0. The Morgan fingerprint density at radius 2 is 1.90 bits per heavy atom. The first-order chi connectivity index (χ1) is 13.6. The third-order valence-electron chi connectivity index (χ3n) is 4.10. The van der Waals surface area contributed by atoms with Gasteiger partial charge in [0.15, 0.2) is 6.10 Å². The van der Waals surface area contributed by atoms with Crippen LogP contribution < -0.4 is 11.1 Å². The van der Waals surface area contributed by atoms with Crippen LogP contribution in [0.3, 0.4) is 0 Å². The molecular formula is C19H20Cl2N4O4. The van der Waals surface area contributed by atoms with E-state index in [1.807, 2.05) is 12.2 Å². The van der Waals surface area contributed by atoms with Crippen LogP contribution in [0.4, 0.5) is 4.79 Å². The first kappa shape index (κ1) is 22.4. The second-order valence-electron chi connectivity index (χ2n) is 6.21. The molecule has 2 aromatic rings. The first-order valence-electron chi connectivity index (χ1n) is 8.56. The topological polar surface area (TPSA) is 116 Å². The average molecular weight is 439 g/mol. The maximum Gasteiger partial charge on any atom is 0.331 e. The molecule has 0 bridgehead atoms. The molecule has 29 heavy (non-hydrogen) atoms. The maximum absolute atomic E-state index is 12.0. The molecule has 0 spiro atoms. The number of nitrogens with zero attached hydrogens (tertiary/aromatic N) is 2. The third-order valence-corrected chi connectivity index (χ3v) is 4.81. The molecule has 1 atom stereocenters. The summed E-state index contributed by atoms with van der Waals surface area (Å²) >= 11 is 12.4. The van der Waals surface area contributed by atoms with Gasteiger partial charge in [-0.05, 0) is 39.0 Å². The summed E-state index contributed by atoms with van der Waals surface area (Å²) in [6, 6.07) is 4.24. The monoisotopic (exact) mass is 438 g/mol. The number of hydrogen-bond donors (Lipinski definition) is 2. The fraction of sp³-hybridized carbons (Fsp3) is 0.263. The lowest BCUT2D eigenvalue weighted by Gasteiger charge is -2.10. The van der Waals surface area contributed by atoms with E-state index in [0.29, 0.717) is 22.3 Å². The van der Waals surface area contributed by atoms with E-state index in [4.69, 9.17) is 33.7 Å². The largest absolute Gasteiger partial charge is 0.449 e. The summed E-state index contributed by atoms with van der Waals surface area (Å²) < 4.78 is 6.67. The fourth-order valence-corrected chi connectivity index (χ4v) is 3.10. The summed E-state index contributed by atoms with van der Waals surface area (Å²) in [5.74, 6) is -1.56. The van der Waals surface area contributed by atoms with E-state index in [2.05, 4.69) is 5.10 Å². The molecule has 0 aliphatic heterocycles. The zero-order valence-electron chi connectivity index (χ0n) is 16.0. The number of esters is 1. The van der Waals surface area contributed by atoms with Gasteiger partial charge in [0.25, 0.3) is 5.91 Å². The molecule has 1 aromatic carbocycles. The Morgan fingerprint density at radius 1 is 1.28 bits per heavy atom.